The van der Waals surface area contributed by atoms with Gasteiger partial charge in [-0.2, -0.15) is 0 Å². The number of hydrogen-bond acceptors (Lipinski definition) is 5. The van der Waals surface area contributed by atoms with E-state index in [2.05, 4.69) is 10.2 Å². The monoisotopic (exact) mass is 340 g/mol. The molecule has 1 atom stereocenters. The number of amides is 2. The third-order valence-electron chi connectivity index (χ3n) is 4.73. The van der Waals surface area contributed by atoms with Gasteiger partial charge in [0.15, 0.2) is 0 Å². The summed E-state index contributed by atoms with van der Waals surface area (Å²) in [6.07, 6.45) is 5.02. The van der Waals surface area contributed by atoms with Crippen LogP contribution in [0.1, 0.15) is 38.5 Å². The second-order valence-electron chi connectivity index (χ2n) is 6.72. The van der Waals surface area contributed by atoms with Crippen molar-refractivity contribution in [3.63, 3.8) is 0 Å². The highest BCUT2D eigenvalue weighted by Gasteiger charge is 2.30. The van der Waals surface area contributed by atoms with Gasteiger partial charge in [0.1, 0.15) is 0 Å². The van der Waals surface area contributed by atoms with Gasteiger partial charge in [0.2, 0.25) is 11.8 Å². The van der Waals surface area contributed by atoms with Crippen LogP contribution in [0.25, 0.3) is 0 Å². The van der Waals surface area contributed by atoms with E-state index in [4.69, 9.17) is 10.5 Å². The summed E-state index contributed by atoms with van der Waals surface area (Å²) in [5.41, 5.74) is 5.45. The van der Waals surface area contributed by atoms with Crippen LogP contribution >= 0.6 is 0 Å². The van der Waals surface area contributed by atoms with Crippen LogP contribution in [0.2, 0.25) is 0 Å². The van der Waals surface area contributed by atoms with E-state index < -0.39 is 0 Å². The molecule has 7 nitrogen and oxygen atoms in total. The molecule has 2 fully saturated rings. The van der Waals surface area contributed by atoms with Gasteiger partial charge in [-0.05, 0) is 19.4 Å². The van der Waals surface area contributed by atoms with Crippen LogP contribution < -0.4 is 11.1 Å². The molecule has 2 heterocycles. The van der Waals surface area contributed by atoms with Crippen molar-refractivity contribution in [2.45, 2.75) is 44.6 Å². The minimum absolute atomic E-state index is 0.0290. The van der Waals surface area contributed by atoms with E-state index in [1.165, 1.54) is 0 Å². The largest absolute Gasteiger partial charge is 0.379 e. The predicted molar refractivity (Wildman–Crippen MR) is 92.5 cm³/mol. The number of carbonyl (C=O) groups excluding carboxylic acids is 2. The van der Waals surface area contributed by atoms with Gasteiger partial charge in [0, 0.05) is 45.6 Å². The summed E-state index contributed by atoms with van der Waals surface area (Å²) in [5, 5.41) is 3.01. The number of hydrogen-bond donors (Lipinski definition) is 2. The molecule has 0 aromatic rings. The van der Waals surface area contributed by atoms with Crippen molar-refractivity contribution in [3.05, 3.63) is 0 Å². The first kappa shape index (κ1) is 19.1. The molecule has 2 saturated heterocycles. The minimum Gasteiger partial charge on any atom is -0.379 e. The molecule has 2 aliphatic heterocycles. The van der Waals surface area contributed by atoms with Crippen molar-refractivity contribution in [3.8, 4) is 0 Å². The molecule has 7 heteroatoms. The van der Waals surface area contributed by atoms with Gasteiger partial charge in [0.25, 0.3) is 0 Å². The predicted octanol–water partition coefficient (Wildman–Crippen LogP) is -0.0551. The molecular formula is C17H32N4O3. The average molecular weight is 340 g/mol. The lowest BCUT2D eigenvalue weighted by Gasteiger charge is -2.28. The summed E-state index contributed by atoms with van der Waals surface area (Å²) in [6.45, 7) is 6.41. The van der Waals surface area contributed by atoms with Crippen LogP contribution in [-0.2, 0) is 14.3 Å². The number of ether oxygens (including phenoxy) is 1. The lowest BCUT2D eigenvalue weighted by Crippen LogP contribution is -2.42. The Balaban J connectivity index is 1.59. The van der Waals surface area contributed by atoms with Crippen molar-refractivity contribution < 1.29 is 14.3 Å². The van der Waals surface area contributed by atoms with Crippen molar-refractivity contribution in [1.82, 2.24) is 15.1 Å². The van der Waals surface area contributed by atoms with Gasteiger partial charge in [-0.3, -0.25) is 14.5 Å². The first-order valence-corrected chi connectivity index (χ1v) is 9.26. The zero-order valence-corrected chi connectivity index (χ0v) is 14.7. The van der Waals surface area contributed by atoms with E-state index >= 15 is 0 Å². The smallest absolute Gasteiger partial charge is 0.224 e. The lowest BCUT2D eigenvalue weighted by molar-refractivity contribution is -0.128. The molecule has 1 unspecified atom stereocenters. The standard InChI is InChI=1S/C17H32N4O3/c18-6-4-2-1-3-5-16(22)19-15-13-17(23)21(14-15)8-7-20-9-11-24-12-10-20/h15H,1-14,18H2,(H,19,22). The summed E-state index contributed by atoms with van der Waals surface area (Å²) in [7, 11) is 0. The topological polar surface area (TPSA) is 87.9 Å². The summed E-state index contributed by atoms with van der Waals surface area (Å²) in [4.78, 5) is 28.3. The zero-order chi connectivity index (χ0) is 17.2. The highest BCUT2D eigenvalue weighted by molar-refractivity contribution is 5.82. The Kier molecular flexibility index (Phi) is 8.49. The van der Waals surface area contributed by atoms with Crippen LogP contribution in [0.3, 0.4) is 0 Å². The van der Waals surface area contributed by atoms with E-state index in [1.54, 1.807) is 0 Å². The Morgan fingerprint density at radius 1 is 1.17 bits per heavy atom. The minimum atomic E-state index is -0.0290. The first-order chi connectivity index (χ1) is 11.7. The van der Waals surface area contributed by atoms with E-state index in [0.29, 0.717) is 19.4 Å². The summed E-state index contributed by atoms with van der Waals surface area (Å²) < 4.78 is 5.33. The molecule has 2 rings (SSSR count). The van der Waals surface area contributed by atoms with Crippen LogP contribution in [0.4, 0.5) is 0 Å². The Labute approximate surface area is 144 Å². The molecule has 0 radical (unpaired) electrons. The Morgan fingerprint density at radius 2 is 1.92 bits per heavy atom. The molecule has 2 amide bonds. The van der Waals surface area contributed by atoms with Crippen LogP contribution in [0, 0.1) is 0 Å². The number of rotatable bonds is 10. The third-order valence-corrected chi connectivity index (χ3v) is 4.73. The van der Waals surface area contributed by atoms with E-state index in [-0.39, 0.29) is 17.9 Å². The van der Waals surface area contributed by atoms with Gasteiger partial charge in [-0.15, -0.1) is 0 Å². The second kappa shape index (κ2) is 10.6. The van der Waals surface area contributed by atoms with Gasteiger partial charge in [0.05, 0.1) is 19.3 Å². The number of unbranched alkanes of at least 4 members (excludes halogenated alkanes) is 3. The molecule has 0 aliphatic carbocycles. The fourth-order valence-corrected chi connectivity index (χ4v) is 3.26. The van der Waals surface area contributed by atoms with Crippen LogP contribution in [0.5, 0.6) is 0 Å². The van der Waals surface area contributed by atoms with E-state index in [1.807, 2.05) is 4.90 Å². The zero-order valence-electron chi connectivity index (χ0n) is 14.7. The maximum atomic E-state index is 12.1. The van der Waals surface area contributed by atoms with E-state index in [9.17, 15) is 9.59 Å². The molecular weight excluding hydrogens is 308 g/mol. The number of likely N-dealkylation sites (tertiary alicyclic amines) is 1. The summed E-state index contributed by atoms with van der Waals surface area (Å²) in [6, 6.07) is -0.0290. The fraction of sp³-hybridized carbons (Fsp3) is 0.882. The Morgan fingerprint density at radius 3 is 2.67 bits per heavy atom. The molecule has 24 heavy (non-hydrogen) atoms. The summed E-state index contributed by atoms with van der Waals surface area (Å²) >= 11 is 0. The van der Waals surface area contributed by atoms with Gasteiger partial charge >= 0.3 is 0 Å². The molecule has 0 aromatic heterocycles. The van der Waals surface area contributed by atoms with Crippen molar-refractivity contribution >= 4 is 11.8 Å². The first-order valence-electron chi connectivity index (χ1n) is 9.26. The number of morpholine rings is 1. The molecule has 138 valence electrons. The quantitative estimate of drug-likeness (QED) is 0.544. The SMILES string of the molecule is NCCCCCCC(=O)NC1CC(=O)N(CCN2CCOCC2)C1. The van der Waals surface area contributed by atoms with E-state index in [0.717, 1.165) is 71.6 Å². The average Bonchev–Trinajstić information content (AvgIpc) is 2.93. The van der Waals surface area contributed by atoms with Gasteiger partial charge < -0.3 is 20.7 Å². The van der Waals surface area contributed by atoms with Gasteiger partial charge in [-0.25, -0.2) is 0 Å². The second-order valence-corrected chi connectivity index (χ2v) is 6.72. The molecule has 2 aliphatic rings. The number of carbonyl (C=O) groups is 2. The van der Waals surface area contributed by atoms with Crippen molar-refractivity contribution in [2.75, 3.05) is 52.5 Å². The normalized spacial score (nSPS) is 22.1. The molecule has 0 saturated carbocycles. The lowest BCUT2D eigenvalue weighted by atomic mass is 10.1. The van der Waals surface area contributed by atoms with Crippen LogP contribution in [-0.4, -0.2) is 80.1 Å². The van der Waals surface area contributed by atoms with Crippen molar-refractivity contribution in [1.29, 1.82) is 0 Å². The molecule has 0 spiro atoms. The molecule has 0 bridgehead atoms. The van der Waals surface area contributed by atoms with Crippen molar-refractivity contribution in [2.24, 2.45) is 5.73 Å². The number of nitrogens with two attached hydrogens (primary N) is 1. The van der Waals surface area contributed by atoms with Gasteiger partial charge in [-0.1, -0.05) is 12.8 Å². The fourth-order valence-electron chi connectivity index (χ4n) is 3.26. The number of nitrogens with one attached hydrogen (secondary N) is 1. The Hall–Kier alpha value is -1.18. The molecule has 0 aromatic carbocycles. The molecule has 3 N–H and O–H groups in total. The highest BCUT2D eigenvalue weighted by atomic mass is 16.5. The highest BCUT2D eigenvalue weighted by Crippen LogP contribution is 2.12. The number of nitrogens with zero attached hydrogens (tertiary/aromatic N) is 2. The Bertz CT molecular complexity index is 399. The maximum absolute atomic E-state index is 12.1. The maximum Gasteiger partial charge on any atom is 0.224 e. The third kappa shape index (κ3) is 6.75. The summed E-state index contributed by atoms with van der Waals surface area (Å²) in [5.74, 6) is 0.215. The van der Waals surface area contributed by atoms with Crippen LogP contribution in [0.15, 0.2) is 0 Å².